The Bertz CT molecular complexity index is 426. The number of carbonyl (C=O) groups is 1. The van der Waals surface area contributed by atoms with Gasteiger partial charge in [-0.2, -0.15) is 0 Å². The van der Waals surface area contributed by atoms with Gasteiger partial charge in [-0.15, -0.1) is 11.3 Å². The molecule has 0 aliphatic heterocycles. The fourth-order valence-corrected chi connectivity index (χ4v) is 3.66. The van der Waals surface area contributed by atoms with Crippen molar-refractivity contribution in [1.82, 2.24) is 0 Å². The molecule has 0 bridgehead atoms. The first kappa shape index (κ1) is 12.6. The Morgan fingerprint density at radius 3 is 2.76 bits per heavy atom. The van der Waals surface area contributed by atoms with Gasteiger partial charge in [0.15, 0.2) is 0 Å². The maximum atomic E-state index is 11.1. The molecule has 2 rings (SSSR count). The van der Waals surface area contributed by atoms with Crippen molar-refractivity contribution in [3.63, 3.8) is 0 Å². The monoisotopic (exact) mass is 254 g/mol. The van der Waals surface area contributed by atoms with E-state index in [1.807, 2.05) is 0 Å². The zero-order valence-corrected chi connectivity index (χ0v) is 11.0. The van der Waals surface area contributed by atoms with Crippen LogP contribution < -0.4 is 0 Å². The van der Waals surface area contributed by atoms with Gasteiger partial charge < -0.3 is 10.2 Å². The summed E-state index contributed by atoms with van der Waals surface area (Å²) in [5.74, 6) is 0.0851. The van der Waals surface area contributed by atoms with Crippen LogP contribution in [0.4, 0.5) is 0 Å². The van der Waals surface area contributed by atoms with Crippen LogP contribution >= 0.6 is 11.3 Å². The lowest BCUT2D eigenvalue weighted by Gasteiger charge is -2.38. The van der Waals surface area contributed by atoms with E-state index in [9.17, 15) is 9.90 Å². The summed E-state index contributed by atoms with van der Waals surface area (Å²) in [6.45, 7) is 4.32. The van der Waals surface area contributed by atoms with E-state index in [0.29, 0.717) is 29.6 Å². The van der Waals surface area contributed by atoms with Crippen LogP contribution in [0.25, 0.3) is 0 Å². The molecule has 1 aromatic heterocycles. The summed E-state index contributed by atoms with van der Waals surface area (Å²) >= 11 is 1.36. The first-order valence-corrected chi connectivity index (χ1v) is 6.85. The number of aliphatic hydroxyl groups is 1. The van der Waals surface area contributed by atoms with Gasteiger partial charge in [0, 0.05) is 0 Å². The fourth-order valence-electron chi connectivity index (χ4n) is 2.63. The van der Waals surface area contributed by atoms with Crippen molar-refractivity contribution < 1.29 is 15.0 Å². The van der Waals surface area contributed by atoms with Crippen molar-refractivity contribution in [1.29, 1.82) is 0 Å². The normalized spacial score (nSPS) is 33.6. The second-order valence-corrected chi connectivity index (χ2v) is 6.11. The SMILES string of the molecule is CC1CCC(O)(c2sccc2C(=O)O)CC1C. The molecule has 0 saturated heterocycles. The van der Waals surface area contributed by atoms with E-state index in [-0.39, 0.29) is 5.56 Å². The Hall–Kier alpha value is -0.870. The minimum atomic E-state index is -0.944. The third-order valence-electron chi connectivity index (χ3n) is 3.96. The van der Waals surface area contributed by atoms with E-state index >= 15 is 0 Å². The molecule has 0 spiro atoms. The maximum absolute atomic E-state index is 11.1. The van der Waals surface area contributed by atoms with Gasteiger partial charge in [-0.3, -0.25) is 0 Å². The summed E-state index contributed by atoms with van der Waals surface area (Å²) in [5, 5.41) is 21.6. The third-order valence-corrected chi connectivity index (χ3v) is 5.07. The molecule has 17 heavy (non-hydrogen) atoms. The summed E-state index contributed by atoms with van der Waals surface area (Å²) in [5.41, 5.74) is -0.673. The average Bonchev–Trinajstić information content (AvgIpc) is 2.73. The Labute approximate surface area is 105 Å². The highest BCUT2D eigenvalue weighted by Gasteiger charge is 2.40. The van der Waals surface area contributed by atoms with Crippen LogP contribution in [0.2, 0.25) is 0 Å². The number of aromatic carboxylic acids is 1. The quantitative estimate of drug-likeness (QED) is 0.852. The van der Waals surface area contributed by atoms with Crippen LogP contribution in [0.15, 0.2) is 11.4 Å². The van der Waals surface area contributed by atoms with Gasteiger partial charge in [0.2, 0.25) is 0 Å². The third kappa shape index (κ3) is 2.24. The first-order chi connectivity index (χ1) is 7.94. The van der Waals surface area contributed by atoms with Gasteiger partial charge in [-0.25, -0.2) is 4.79 Å². The van der Waals surface area contributed by atoms with E-state index in [4.69, 9.17) is 5.11 Å². The van der Waals surface area contributed by atoms with Crippen molar-refractivity contribution in [2.45, 2.75) is 38.7 Å². The molecule has 1 fully saturated rings. The van der Waals surface area contributed by atoms with Crippen LogP contribution in [-0.4, -0.2) is 16.2 Å². The molecule has 94 valence electrons. The molecule has 0 aromatic carbocycles. The molecule has 3 nitrogen and oxygen atoms in total. The second-order valence-electron chi connectivity index (χ2n) is 5.20. The highest BCUT2D eigenvalue weighted by atomic mass is 32.1. The van der Waals surface area contributed by atoms with E-state index in [1.54, 1.807) is 11.4 Å². The lowest BCUT2D eigenvalue weighted by atomic mass is 9.72. The highest BCUT2D eigenvalue weighted by Crippen LogP contribution is 2.45. The molecule has 1 heterocycles. The number of hydrogen-bond donors (Lipinski definition) is 2. The zero-order chi connectivity index (χ0) is 12.6. The van der Waals surface area contributed by atoms with Gasteiger partial charge in [-0.1, -0.05) is 13.8 Å². The van der Waals surface area contributed by atoms with Crippen molar-refractivity contribution in [2.75, 3.05) is 0 Å². The van der Waals surface area contributed by atoms with E-state index in [0.717, 1.165) is 6.42 Å². The van der Waals surface area contributed by atoms with Gasteiger partial charge in [0.25, 0.3) is 0 Å². The molecule has 0 radical (unpaired) electrons. The number of hydrogen-bond acceptors (Lipinski definition) is 3. The Morgan fingerprint density at radius 2 is 2.18 bits per heavy atom. The molecule has 1 aliphatic rings. The molecular weight excluding hydrogens is 236 g/mol. The smallest absolute Gasteiger partial charge is 0.336 e. The van der Waals surface area contributed by atoms with Crippen molar-refractivity contribution in [3.05, 3.63) is 21.9 Å². The lowest BCUT2D eigenvalue weighted by Crippen LogP contribution is -2.35. The van der Waals surface area contributed by atoms with Crippen LogP contribution in [0.5, 0.6) is 0 Å². The average molecular weight is 254 g/mol. The zero-order valence-electron chi connectivity index (χ0n) is 10.1. The van der Waals surface area contributed by atoms with Gasteiger partial charge in [0.05, 0.1) is 16.0 Å². The first-order valence-electron chi connectivity index (χ1n) is 5.97. The standard InChI is InChI=1S/C13H18O3S/c1-8-3-5-13(16,7-9(8)2)11-10(12(14)15)4-6-17-11/h4,6,8-9,16H,3,5,7H2,1-2H3,(H,14,15). The molecule has 1 aromatic rings. The van der Waals surface area contributed by atoms with E-state index in [2.05, 4.69) is 13.8 Å². The van der Waals surface area contributed by atoms with Gasteiger partial charge >= 0.3 is 5.97 Å². The number of carboxylic acids is 1. The summed E-state index contributed by atoms with van der Waals surface area (Å²) in [6.07, 6.45) is 2.28. The molecule has 0 amide bonds. The number of thiophene rings is 1. The largest absolute Gasteiger partial charge is 0.478 e. The molecule has 3 atom stereocenters. The van der Waals surface area contributed by atoms with E-state index in [1.165, 1.54) is 11.3 Å². The molecule has 3 unspecified atom stereocenters. The molecule has 1 saturated carbocycles. The summed E-state index contributed by atoms with van der Waals surface area (Å²) in [6, 6.07) is 1.59. The van der Waals surface area contributed by atoms with Crippen molar-refractivity contribution >= 4 is 17.3 Å². The maximum Gasteiger partial charge on any atom is 0.336 e. The summed E-state index contributed by atoms with van der Waals surface area (Å²) in [4.78, 5) is 11.7. The van der Waals surface area contributed by atoms with Gasteiger partial charge in [0.1, 0.15) is 0 Å². The predicted molar refractivity (Wildman–Crippen MR) is 67.4 cm³/mol. The van der Waals surface area contributed by atoms with E-state index < -0.39 is 11.6 Å². The summed E-state index contributed by atoms with van der Waals surface area (Å²) in [7, 11) is 0. The predicted octanol–water partition coefficient (Wildman–Crippen LogP) is 3.09. The molecule has 4 heteroatoms. The Kier molecular flexibility index (Phi) is 3.27. The second kappa shape index (κ2) is 4.42. The van der Waals surface area contributed by atoms with Crippen LogP contribution in [0.3, 0.4) is 0 Å². The number of carboxylic acid groups (broad SMARTS) is 1. The van der Waals surface area contributed by atoms with Crippen LogP contribution in [0.1, 0.15) is 48.3 Å². The fraction of sp³-hybridized carbons (Fsp3) is 0.615. The minimum absolute atomic E-state index is 0.263. The highest BCUT2D eigenvalue weighted by molar-refractivity contribution is 7.10. The summed E-state index contributed by atoms with van der Waals surface area (Å²) < 4.78 is 0. The van der Waals surface area contributed by atoms with Crippen LogP contribution in [0, 0.1) is 11.8 Å². The van der Waals surface area contributed by atoms with Crippen LogP contribution in [-0.2, 0) is 5.60 Å². The Balaban J connectivity index is 2.32. The molecule has 2 N–H and O–H groups in total. The lowest BCUT2D eigenvalue weighted by molar-refractivity contribution is -0.0313. The van der Waals surface area contributed by atoms with Crippen molar-refractivity contribution in [3.8, 4) is 0 Å². The molecule has 1 aliphatic carbocycles. The Morgan fingerprint density at radius 1 is 1.47 bits per heavy atom. The number of rotatable bonds is 2. The molecular formula is C13H18O3S. The topological polar surface area (TPSA) is 57.5 Å². The minimum Gasteiger partial charge on any atom is -0.478 e. The van der Waals surface area contributed by atoms with Gasteiger partial charge in [-0.05, 0) is 42.5 Å². The van der Waals surface area contributed by atoms with Crippen molar-refractivity contribution in [2.24, 2.45) is 11.8 Å².